The number of nitrogens with zero attached hydrogens (tertiary/aromatic N) is 2. The predicted octanol–water partition coefficient (Wildman–Crippen LogP) is 3.28. The van der Waals surface area contributed by atoms with Gasteiger partial charge in [-0.25, -0.2) is 18.1 Å². The van der Waals surface area contributed by atoms with E-state index in [0.29, 0.717) is 10.5 Å². The maximum Gasteiger partial charge on any atom is 0.275 e. The van der Waals surface area contributed by atoms with Crippen molar-refractivity contribution >= 4 is 64.9 Å². The summed E-state index contributed by atoms with van der Waals surface area (Å²) < 4.78 is 27.9. The van der Waals surface area contributed by atoms with Crippen LogP contribution in [-0.4, -0.2) is 38.3 Å². The molecule has 0 saturated carbocycles. The van der Waals surface area contributed by atoms with Gasteiger partial charge in [-0.1, -0.05) is 11.3 Å². The lowest BCUT2D eigenvalue weighted by molar-refractivity contribution is -0.114. The zero-order chi connectivity index (χ0) is 21.2. The van der Waals surface area contributed by atoms with E-state index in [1.807, 2.05) is 13.8 Å². The number of rotatable bonds is 7. The van der Waals surface area contributed by atoms with Gasteiger partial charge >= 0.3 is 0 Å². The van der Waals surface area contributed by atoms with Gasteiger partial charge in [-0.2, -0.15) is 0 Å². The summed E-state index contributed by atoms with van der Waals surface area (Å²) in [5.41, 5.74) is 0.469. The number of carbonyl (C=O) groups excluding carboxylic acids is 2. The van der Waals surface area contributed by atoms with E-state index < -0.39 is 15.9 Å². The van der Waals surface area contributed by atoms with Gasteiger partial charge in [-0.15, -0.1) is 11.3 Å². The topological polar surface area (TPSA) is 108 Å². The lowest BCUT2D eigenvalue weighted by Gasteiger charge is -2.16. The van der Waals surface area contributed by atoms with E-state index in [9.17, 15) is 18.0 Å². The van der Waals surface area contributed by atoms with Crippen molar-refractivity contribution in [2.24, 2.45) is 0 Å². The van der Waals surface area contributed by atoms with Crippen LogP contribution >= 0.6 is 22.7 Å². The summed E-state index contributed by atoms with van der Waals surface area (Å²) in [5, 5.41) is 3.44. The van der Waals surface area contributed by atoms with Crippen molar-refractivity contribution in [3.05, 3.63) is 35.2 Å². The number of aromatic nitrogens is 1. The molecule has 0 aliphatic carbocycles. The van der Waals surface area contributed by atoms with Gasteiger partial charge in [0, 0.05) is 25.7 Å². The maximum absolute atomic E-state index is 12.5. The standard InChI is InChI=1S/C18H20N4O4S3/c1-4-22(5-2)18-20-17-15(28-18)10-14(27-17)16(24)21-29(25,26)13-8-6-12(7-9-13)19-11(3)23/h6-10H,4-5H2,1-3H3,(H,19,23)(H,21,24). The van der Waals surface area contributed by atoms with Gasteiger partial charge in [0.25, 0.3) is 15.9 Å². The SMILES string of the molecule is CCN(CC)c1nc2sc(C(=O)NS(=O)(=O)c3ccc(NC(C)=O)cc3)cc2s1. The average molecular weight is 453 g/mol. The van der Waals surface area contributed by atoms with E-state index >= 15 is 0 Å². The fourth-order valence-electron chi connectivity index (χ4n) is 2.62. The number of benzene rings is 1. The lowest BCUT2D eigenvalue weighted by Crippen LogP contribution is -2.30. The highest BCUT2D eigenvalue weighted by atomic mass is 32.2. The molecule has 0 aliphatic heterocycles. The third kappa shape index (κ3) is 4.74. The first-order valence-electron chi connectivity index (χ1n) is 8.83. The number of hydrogen-bond donors (Lipinski definition) is 2. The largest absolute Gasteiger partial charge is 0.349 e. The van der Waals surface area contributed by atoms with E-state index in [1.165, 1.54) is 42.5 Å². The van der Waals surface area contributed by atoms with Gasteiger partial charge in [-0.05, 0) is 44.2 Å². The van der Waals surface area contributed by atoms with E-state index in [2.05, 4.69) is 19.9 Å². The minimum atomic E-state index is -4.03. The molecule has 2 N–H and O–H groups in total. The quantitative estimate of drug-likeness (QED) is 0.569. The molecule has 0 aliphatic rings. The molecule has 1 aromatic carbocycles. The van der Waals surface area contributed by atoms with Crippen LogP contribution in [0.5, 0.6) is 0 Å². The Kier molecular flexibility index (Phi) is 6.20. The average Bonchev–Trinajstić information content (AvgIpc) is 3.21. The number of hydrogen-bond acceptors (Lipinski definition) is 8. The molecule has 2 aromatic heterocycles. The highest BCUT2D eigenvalue weighted by Gasteiger charge is 2.22. The van der Waals surface area contributed by atoms with E-state index in [4.69, 9.17) is 0 Å². The van der Waals surface area contributed by atoms with Gasteiger partial charge in [-0.3, -0.25) is 9.59 Å². The molecule has 3 aromatic rings. The van der Waals surface area contributed by atoms with Crippen LogP contribution in [-0.2, 0) is 14.8 Å². The highest BCUT2D eigenvalue weighted by molar-refractivity contribution is 7.90. The molecule has 8 nitrogen and oxygen atoms in total. The van der Waals surface area contributed by atoms with Crippen LogP contribution in [0, 0.1) is 0 Å². The number of sulfonamides is 1. The van der Waals surface area contributed by atoms with Crippen LogP contribution in [0.25, 0.3) is 9.53 Å². The van der Waals surface area contributed by atoms with Gasteiger partial charge in [0.15, 0.2) is 5.13 Å². The third-order valence-corrected chi connectivity index (χ3v) is 7.61. The third-order valence-electron chi connectivity index (χ3n) is 4.05. The van der Waals surface area contributed by atoms with Crippen LogP contribution in [0.4, 0.5) is 10.8 Å². The second-order valence-corrected chi connectivity index (χ2v) is 9.81. The van der Waals surface area contributed by atoms with Gasteiger partial charge < -0.3 is 10.2 Å². The molecule has 29 heavy (non-hydrogen) atoms. The molecule has 2 amide bonds. The molecular weight excluding hydrogens is 432 g/mol. The van der Waals surface area contributed by atoms with Crippen molar-refractivity contribution < 1.29 is 18.0 Å². The summed E-state index contributed by atoms with van der Waals surface area (Å²) in [4.78, 5) is 31.1. The molecule has 0 radical (unpaired) electrons. The van der Waals surface area contributed by atoms with E-state index in [0.717, 1.165) is 34.3 Å². The van der Waals surface area contributed by atoms with Crippen molar-refractivity contribution in [3.8, 4) is 0 Å². The highest BCUT2D eigenvalue weighted by Crippen LogP contribution is 2.34. The van der Waals surface area contributed by atoms with Gasteiger partial charge in [0.1, 0.15) is 4.83 Å². The monoisotopic (exact) mass is 452 g/mol. The van der Waals surface area contributed by atoms with Gasteiger partial charge in [0.05, 0.1) is 14.5 Å². The molecule has 154 valence electrons. The Balaban J connectivity index is 1.76. The van der Waals surface area contributed by atoms with Crippen molar-refractivity contribution in [2.45, 2.75) is 25.7 Å². The van der Waals surface area contributed by atoms with E-state index in [-0.39, 0.29) is 15.7 Å². The number of anilines is 2. The van der Waals surface area contributed by atoms with Crippen molar-refractivity contribution in [2.75, 3.05) is 23.3 Å². The Morgan fingerprint density at radius 3 is 2.31 bits per heavy atom. The minimum absolute atomic E-state index is 0.0692. The zero-order valence-corrected chi connectivity index (χ0v) is 18.5. The van der Waals surface area contributed by atoms with Crippen LogP contribution in [0.2, 0.25) is 0 Å². The van der Waals surface area contributed by atoms with Crippen LogP contribution in [0.15, 0.2) is 35.2 Å². The van der Waals surface area contributed by atoms with Gasteiger partial charge in [0.2, 0.25) is 5.91 Å². The zero-order valence-electron chi connectivity index (χ0n) is 16.1. The molecule has 0 saturated heterocycles. The first-order valence-corrected chi connectivity index (χ1v) is 11.9. The summed E-state index contributed by atoms with van der Waals surface area (Å²) in [6, 6.07) is 7.23. The second kappa shape index (κ2) is 8.47. The Bertz CT molecular complexity index is 1110. The first-order chi connectivity index (χ1) is 13.7. The molecule has 11 heteroatoms. The summed E-state index contributed by atoms with van der Waals surface area (Å²) in [6.45, 7) is 7.13. The Labute approximate surface area is 176 Å². The second-order valence-electron chi connectivity index (χ2n) is 6.09. The number of thiazole rings is 1. The molecule has 0 bridgehead atoms. The fraction of sp³-hybridized carbons (Fsp3) is 0.278. The summed E-state index contributed by atoms with van der Waals surface area (Å²) in [7, 11) is -4.03. The van der Waals surface area contributed by atoms with Crippen LogP contribution < -0.4 is 14.9 Å². The molecule has 0 spiro atoms. The summed E-state index contributed by atoms with van der Waals surface area (Å²) in [5.74, 6) is -0.958. The van der Waals surface area contributed by atoms with Crippen LogP contribution in [0.3, 0.4) is 0 Å². The maximum atomic E-state index is 12.5. The lowest BCUT2D eigenvalue weighted by atomic mass is 10.3. The first kappa shape index (κ1) is 21.2. The van der Waals surface area contributed by atoms with E-state index in [1.54, 1.807) is 6.07 Å². The van der Waals surface area contributed by atoms with Crippen LogP contribution in [0.1, 0.15) is 30.4 Å². The van der Waals surface area contributed by atoms with Crippen molar-refractivity contribution in [1.82, 2.24) is 9.71 Å². The summed E-state index contributed by atoms with van der Waals surface area (Å²) >= 11 is 2.63. The molecule has 3 rings (SSSR count). The molecule has 0 atom stereocenters. The summed E-state index contributed by atoms with van der Waals surface area (Å²) in [6.07, 6.45) is 0. The smallest absolute Gasteiger partial charge is 0.275 e. The van der Waals surface area contributed by atoms with Crippen molar-refractivity contribution in [1.29, 1.82) is 0 Å². The van der Waals surface area contributed by atoms with Crippen molar-refractivity contribution in [3.63, 3.8) is 0 Å². The fourth-order valence-corrected chi connectivity index (χ4v) is 5.88. The number of fused-ring (bicyclic) bond motifs is 1. The molecule has 0 unspecified atom stereocenters. The molecular formula is C18H20N4O4S3. The Morgan fingerprint density at radius 2 is 1.76 bits per heavy atom. The normalized spacial score (nSPS) is 11.4. The Morgan fingerprint density at radius 1 is 1.10 bits per heavy atom. The number of amides is 2. The number of nitrogens with one attached hydrogen (secondary N) is 2. The Hall–Kier alpha value is -2.50. The number of thiophene rings is 1. The molecule has 0 fully saturated rings. The number of carbonyl (C=O) groups is 2. The molecule has 2 heterocycles. The predicted molar refractivity (Wildman–Crippen MR) is 116 cm³/mol. The minimum Gasteiger partial charge on any atom is -0.349 e.